The average molecular weight is 498 g/mol. The minimum atomic E-state index is -1.14. The molecule has 36 heavy (non-hydrogen) atoms. The largest absolute Gasteiger partial charge is 0.375 e. The van der Waals surface area contributed by atoms with E-state index in [-0.39, 0.29) is 17.8 Å². The Bertz CT molecular complexity index is 1120. The normalized spacial score (nSPS) is 18.7. The average Bonchev–Trinajstić information content (AvgIpc) is 2.87. The number of hydrogen-bond acceptors (Lipinski definition) is 5. The molecule has 0 spiro atoms. The first-order valence-corrected chi connectivity index (χ1v) is 11.7. The summed E-state index contributed by atoms with van der Waals surface area (Å²) in [5.41, 5.74) is 8.06. The monoisotopic (exact) mass is 497 g/mol. The molecule has 0 aliphatic carbocycles. The number of hydrogen-bond donors (Lipinski definition) is 3. The summed E-state index contributed by atoms with van der Waals surface area (Å²) in [5, 5.41) is 5.93. The quantitative estimate of drug-likeness (QED) is 0.442. The van der Waals surface area contributed by atoms with Crippen molar-refractivity contribution < 1.29 is 22.7 Å². The van der Waals surface area contributed by atoms with Gasteiger partial charge in [0.25, 0.3) is 0 Å². The Labute approximate surface area is 208 Å². The van der Waals surface area contributed by atoms with Crippen LogP contribution in [0.2, 0.25) is 0 Å². The molecule has 1 aliphatic rings. The third-order valence-electron chi connectivity index (χ3n) is 6.27. The van der Waals surface area contributed by atoms with Crippen LogP contribution in [0.5, 0.6) is 0 Å². The van der Waals surface area contributed by atoms with Gasteiger partial charge in [-0.1, -0.05) is 24.3 Å². The standard InChI is InChI=1S/C27H28F3N4O2/c1-16-15-36-21(12-33-16)10-11-22-23(30)13-32-14-24(22)34-27(35)26(31)25(17-2-6-19(28)7-3-17)18-4-8-20(29)9-5-18/h2-9,13-14,16,21,25-26,33H,1,10-12,15,31H2,(H,34,35)/t16-,21+,26-/m0/s1. The number of carbonyl (C=O) groups is 1. The van der Waals surface area contributed by atoms with Crippen LogP contribution >= 0.6 is 0 Å². The molecule has 0 unspecified atom stereocenters. The summed E-state index contributed by atoms with van der Waals surface area (Å²) in [6.07, 6.45) is 3.20. The van der Waals surface area contributed by atoms with E-state index in [2.05, 4.69) is 22.5 Å². The molecule has 0 bridgehead atoms. The Morgan fingerprint density at radius 2 is 1.69 bits per heavy atom. The maximum absolute atomic E-state index is 14.7. The van der Waals surface area contributed by atoms with Gasteiger partial charge in [0.15, 0.2) is 0 Å². The molecule has 6 nitrogen and oxygen atoms in total. The van der Waals surface area contributed by atoms with E-state index in [1.54, 1.807) is 0 Å². The van der Waals surface area contributed by atoms with Crippen LogP contribution in [-0.4, -0.2) is 42.2 Å². The van der Waals surface area contributed by atoms with Crippen molar-refractivity contribution in [1.29, 1.82) is 0 Å². The van der Waals surface area contributed by atoms with Crippen molar-refractivity contribution in [3.63, 3.8) is 0 Å². The van der Waals surface area contributed by atoms with Crippen LogP contribution in [0, 0.1) is 24.4 Å². The smallest absolute Gasteiger partial charge is 0.242 e. The summed E-state index contributed by atoms with van der Waals surface area (Å²) in [6, 6.07) is 10.1. The van der Waals surface area contributed by atoms with Gasteiger partial charge in [-0.15, -0.1) is 0 Å². The van der Waals surface area contributed by atoms with Crippen LogP contribution in [0.3, 0.4) is 0 Å². The van der Waals surface area contributed by atoms with Crippen LogP contribution in [0.25, 0.3) is 0 Å². The first kappa shape index (κ1) is 25.8. The lowest BCUT2D eigenvalue weighted by atomic mass is 9.85. The van der Waals surface area contributed by atoms with Gasteiger partial charge in [-0.05, 0) is 55.2 Å². The highest BCUT2D eigenvalue weighted by atomic mass is 19.1. The number of nitrogens with zero attached hydrogens (tertiary/aromatic N) is 1. The lowest BCUT2D eigenvalue weighted by molar-refractivity contribution is -0.117. The second-order valence-corrected chi connectivity index (χ2v) is 8.84. The van der Waals surface area contributed by atoms with E-state index in [1.165, 1.54) is 54.7 Å². The number of nitrogens with one attached hydrogen (secondary N) is 2. The molecule has 1 aliphatic heterocycles. The number of pyridine rings is 1. The minimum absolute atomic E-state index is 0.0189. The molecule has 9 heteroatoms. The zero-order valence-electron chi connectivity index (χ0n) is 19.6. The van der Waals surface area contributed by atoms with Gasteiger partial charge in [0.05, 0.1) is 36.8 Å². The molecular weight excluding hydrogens is 469 g/mol. The fourth-order valence-corrected chi connectivity index (χ4v) is 4.30. The van der Waals surface area contributed by atoms with Crippen molar-refractivity contribution in [2.75, 3.05) is 18.5 Å². The van der Waals surface area contributed by atoms with Gasteiger partial charge >= 0.3 is 0 Å². The van der Waals surface area contributed by atoms with E-state index in [0.29, 0.717) is 42.7 Å². The van der Waals surface area contributed by atoms with Gasteiger partial charge in [0.2, 0.25) is 5.91 Å². The van der Waals surface area contributed by atoms with Crippen molar-refractivity contribution in [2.45, 2.75) is 36.9 Å². The zero-order valence-corrected chi connectivity index (χ0v) is 19.6. The van der Waals surface area contributed by atoms with Crippen LogP contribution in [0.4, 0.5) is 18.9 Å². The molecule has 4 rings (SSSR count). The summed E-state index contributed by atoms with van der Waals surface area (Å²) in [7, 11) is 0. The maximum atomic E-state index is 14.7. The Morgan fingerprint density at radius 3 is 2.25 bits per heavy atom. The second-order valence-electron chi connectivity index (χ2n) is 8.84. The summed E-state index contributed by atoms with van der Waals surface area (Å²) < 4.78 is 47.5. The summed E-state index contributed by atoms with van der Waals surface area (Å²) in [6.45, 7) is 4.96. The number of halogens is 3. The highest BCUT2D eigenvalue weighted by molar-refractivity contribution is 5.96. The molecule has 1 aromatic heterocycles. The fraction of sp³-hybridized carbons (Fsp3) is 0.296. The Hall–Kier alpha value is -3.27. The number of rotatable bonds is 8. The van der Waals surface area contributed by atoms with E-state index in [1.807, 2.05) is 0 Å². The van der Waals surface area contributed by atoms with Crippen molar-refractivity contribution in [2.24, 2.45) is 5.73 Å². The van der Waals surface area contributed by atoms with E-state index in [0.717, 1.165) is 6.20 Å². The Balaban J connectivity index is 1.54. The van der Waals surface area contributed by atoms with E-state index in [4.69, 9.17) is 10.5 Å². The van der Waals surface area contributed by atoms with Crippen molar-refractivity contribution >= 4 is 11.6 Å². The minimum Gasteiger partial charge on any atom is -0.375 e. The molecule has 3 atom stereocenters. The molecular formula is C27H28F3N4O2. The van der Waals surface area contributed by atoms with Crippen LogP contribution in [-0.2, 0) is 16.0 Å². The number of morpholine rings is 1. The van der Waals surface area contributed by atoms with E-state index in [9.17, 15) is 18.0 Å². The molecule has 1 amide bonds. The predicted molar refractivity (Wildman–Crippen MR) is 131 cm³/mol. The third kappa shape index (κ3) is 6.29. The van der Waals surface area contributed by atoms with Gasteiger partial charge < -0.3 is 21.1 Å². The molecule has 1 fully saturated rings. The van der Waals surface area contributed by atoms with E-state index >= 15 is 0 Å². The third-order valence-corrected chi connectivity index (χ3v) is 6.27. The molecule has 2 aromatic carbocycles. The number of carbonyl (C=O) groups excluding carboxylic acids is 1. The van der Waals surface area contributed by atoms with Gasteiger partial charge in [0.1, 0.15) is 17.5 Å². The van der Waals surface area contributed by atoms with Crippen LogP contribution < -0.4 is 16.4 Å². The molecule has 1 radical (unpaired) electrons. The SMILES string of the molecule is [CH2][C@H]1CO[C@H](CCc2c(F)cncc2NC(=O)[C@@H](N)C(c2ccc(F)cc2)c2ccc(F)cc2)CN1. The first-order valence-electron chi connectivity index (χ1n) is 11.7. The van der Waals surface area contributed by atoms with Crippen molar-refractivity contribution in [3.8, 4) is 0 Å². The molecule has 189 valence electrons. The predicted octanol–water partition coefficient (Wildman–Crippen LogP) is 3.72. The Morgan fingerprint density at radius 1 is 1.08 bits per heavy atom. The van der Waals surface area contributed by atoms with Gasteiger partial charge in [0, 0.05) is 24.1 Å². The zero-order chi connectivity index (χ0) is 25.7. The maximum Gasteiger partial charge on any atom is 0.242 e. The van der Waals surface area contributed by atoms with Crippen LogP contribution in [0.1, 0.15) is 29.0 Å². The summed E-state index contributed by atoms with van der Waals surface area (Å²) in [5.74, 6) is -2.71. The van der Waals surface area contributed by atoms with E-state index < -0.39 is 35.3 Å². The second kappa shape index (κ2) is 11.6. The molecule has 3 aromatic rings. The number of aromatic nitrogens is 1. The lowest BCUT2D eigenvalue weighted by Gasteiger charge is -2.28. The number of anilines is 1. The van der Waals surface area contributed by atoms with Gasteiger partial charge in [-0.3, -0.25) is 9.78 Å². The molecule has 1 saturated heterocycles. The van der Waals surface area contributed by atoms with Gasteiger partial charge in [-0.25, -0.2) is 13.2 Å². The van der Waals surface area contributed by atoms with Gasteiger partial charge in [-0.2, -0.15) is 0 Å². The Kier molecular flexibility index (Phi) is 8.35. The topological polar surface area (TPSA) is 89.3 Å². The molecule has 0 saturated carbocycles. The molecule has 2 heterocycles. The first-order chi connectivity index (χ1) is 17.3. The van der Waals surface area contributed by atoms with Crippen LogP contribution in [0.15, 0.2) is 60.9 Å². The number of nitrogens with two attached hydrogens (primary N) is 1. The van der Waals surface area contributed by atoms with Crippen molar-refractivity contribution in [1.82, 2.24) is 10.3 Å². The van der Waals surface area contributed by atoms with Crippen molar-refractivity contribution in [3.05, 3.63) is 102 Å². The molecule has 4 N–H and O–H groups in total. The number of benzene rings is 2. The summed E-state index contributed by atoms with van der Waals surface area (Å²) in [4.78, 5) is 17.1. The highest BCUT2D eigenvalue weighted by Crippen LogP contribution is 2.29. The summed E-state index contributed by atoms with van der Waals surface area (Å²) >= 11 is 0. The highest BCUT2D eigenvalue weighted by Gasteiger charge is 2.29. The fourth-order valence-electron chi connectivity index (χ4n) is 4.30. The number of ether oxygens (including phenoxy) is 1. The lowest BCUT2D eigenvalue weighted by Crippen LogP contribution is -2.45. The number of amides is 1.